The predicted molar refractivity (Wildman–Crippen MR) is 133 cm³/mol. The highest BCUT2D eigenvalue weighted by atomic mass is 79.9. The zero-order valence-corrected chi connectivity index (χ0v) is 21.5. The molecule has 0 N–H and O–H groups in total. The fourth-order valence-electron chi connectivity index (χ4n) is 2.78. The van der Waals surface area contributed by atoms with Crippen molar-refractivity contribution in [1.82, 2.24) is 0 Å². The van der Waals surface area contributed by atoms with Crippen LogP contribution >= 0.6 is 59.4 Å². The normalized spacial score (nSPS) is 14.3. The monoisotopic (exact) mass is 637 g/mol. The van der Waals surface area contributed by atoms with Gasteiger partial charge in [-0.05, 0) is 104 Å². The molecule has 1 aliphatic rings. The Balaban J connectivity index is 1.58. The molecule has 0 unspecified atom stereocenters. The number of halogens is 4. The predicted octanol–water partition coefficient (Wildman–Crippen LogP) is 7.19. The average Bonchev–Trinajstić information content (AvgIpc) is 3.11. The lowest BCUT2D eigenvalue weighted by atomic mass is 10.2. The Hall–Kier alpha value is -2.26. The summed E-state index contributed by atoms with van der Waals surface area (Å²) in [4.78, 5) is 29.0. The molecule has 0 bridgehead atoms. The molecule has 9 heteroatoms. The molecule has 0 amide bonds. The molecule has 3 aromatic carbocycles. The number of benzene rings is 3. The summed E-state index contributed by atoms with van der Waals surface area (Å²) < 4.78 is 12.8. The number of hydrogen-bond acceptors (Lipinski definition) is 5. The van der Waals surface area contributed by atoms with E-state index in [0.717, 1.165) is 4.47 Å². The van der Waals surface area contributed by atoms with E-state index < -0.39 is 11.9 Å². The van der Waals surface area contributed by atoms with Crippen LogP contribution in [0.4, 0.5) is 0 Å². The second-order valence-corrected chi connectivity index (χ2v) is 9.61. The molecule has 1 aliphatic heterocycles. The molecule has 0 atom stereocenters. The number of ether oxygens (including phenoxy) is 2. The Labute approximate surface area is 213 Å². The van der Waals surface area contributed by atoms with Gasteiger partial charge in [-0.25, -0.2) is 14.6 Å². The summed E-state index contributed by atoms with van der Waals surface area (Å²) in [6.07, 6.45) is 1.59. The number of cyclic esters (lactones) is 1. The summed E-state index contributed by atoms with van der Waals surface area (Å²) in [5.41, 5.74) is 1.87. The molecule has 3 aromatic rings. The first-order valence-electron chi connectivity index (χ1n) is 9.05. The van der Waals surface area contributed by atoms with Crippen molar-refractivity contribution in [2.75, 3.05) is 0 Å². The number of hydrogen-bond donors (Lipinski definition) is 0. The van der Waals surface area contributed by atoms with Crippen molar-refractivity contribution in [3.8, 4) is 5.75 Å². The van der Waals surface area contributed by atoms with E-state index in [1.165, 1.54) is 0 Å². The Morgan fingerprint density at radius 3 is 2.22 bits per heavy atom. The minimum absolute atomic E-state index is 0.160. The second-order valence-electron chi connectivity index (χ2n) is 6.55. The molecule has 160 valence electrons. The first-order valence-corrected chi connectivity index (χ1v) is 11.8. The summed E-state index contributed by atoms with van der Waals surface area (Å²) in [6, 6.07) is 17.1. The van der Waals surface area contributed by atoms with Crippen LogP contribution < -0.4 is 4.74 Å². The Kier molecular flexibility index (Phi) is 6.95. The Morgan fingerprint density at radius 2 is 1.59 bits per heavy atom. The summed E-state index contributed by atoms with van der Waals surface area (Å²) >= 11 is 16.1. The maximum atomic E-state index is 12.4. The van der Waals surface area contributed by atoms with Crippen LogP contribution in [0, 0.1) is 0 Å². The first kappa shape index (κ1) is 22.9. The van der Waals surface area contributed by atoms with Gasteiger partial charge in [-0.2, -0.15) is 0 Å². The van der Waals surface area contributed by atoms with Gasteiger partial charge in [0, 0.05) is 15.1 Å². The molecule has 0 aromatic heterocycles. The summed E-state index contributed by atoms with van der Waals surface area (Å²) in [5.74, 6) is -0.536. The molecule has 4 rings (SSSR count). The van der Waals surface area contributed by atoms with Crippen LogP contribution in [0.25, 0.3) is 6.08 Å². The van der Waals surface area contributed by atoms with Gasteiger partial charge in [-0.1, -0.05) is 27.5 Å². The number of rotatable bonds is 4. The lowest BCUT2D eigenvalue weighted by Crippen LogP contribution is -2.09. The van der Waals surface area contributed by atoms with Gasteiger partial charge in [0.05, 0.1) is 14.5 Å². The zero-order valence-electron chi connectivity index (χ0n) is 15.9. The van der Waals surface area contributed by atoms with Crippen molar-refractivity contribution >= 4 is 83.3 Å². The molecule has 0 saturated heterocycles. The summed E-state index contributed by atoms with van der Waals surface area (Å²) in [6.45, 7) is 0. The van der Waals surface area contributed by atoms with E-state index in [1.54, 1.807) is 54.6 Å². The van der Waals surface area contributed by atoms with Crippen molar-refractivity contribution < 1.29 is 19.1 Å². The van der Waals surface area contributed by atoms with Crippen LogP contribution in [0.5, 0.6) is 5.75 Å². The molecular formula is C23H11Br3ClNO4. The van der Waals surface area contributed by atoms with Gasteiger partial charge in [-0.15, -0.1) is 0 Å². The molecule has 0 radical (unpaired) electrons. The third kappa shape index (κ3) is 5.20. The lowest BCUT2D eigenvalue weighted by molar-refractivity contribution is -0.129. The molecule has 5 nitrogen and oxygen atoms in total. The molecular weight excluding hydrogens is 629 g/mol. The fourth-order valence-corrected chi connectivity index (χ4v) is 4.55. The molecule has 1 heterocycles. The van der Waals surface area contributed by atoms with E-state index in [0.29, 0.717) is 36.4 Å². The maximum absolute atomic E-state index is 12.4. The smallest absolute Gasteiger partial charge is 0.363 e. The highest BCUT2D eigenvalue weighted by Crippen LogP contribution is 2.36. The minimum Gasteiger partial charge on any atom is -0.421 e. The summed E-state index contributed by atoms with van der Waals surface area (Å²) in [5, 5.41) is 0.526. The van der Waals surface area contributed by atoms with Gasteiger partial charge in [0.1, 0.15) is 0 Å². The van der Waals surface area contributed by atoms with Gasteiger partial charge >= 0.3 is 11.9 Å². The van der Waals surface area contributed by atoms with Crippen LogP contribution in [-0.4, -0.2) is 17.8 Å². The third-order valence-electron chi connectivity index (χ3n) is 4.31. The van der Waals surface area contributed by atoms with Crippen LogP contribution in [0.15, 0.2) is 84.8 Å². The second kappa shape index (κ2) is 9.70. The SMILES string of the molecule is O=C1OC(c2ccc(Br)cc2)=N/C1=C\c1cc(Br)c(OC(=O)c2ccc(Cl)cc2)c(Br)c1. The molecule has 32 heavy (non-hydrogen) atoms. The lowest BCUT2D eigenvalue weighted by Gasteiger charge is -2.10. The Bertz CT molecular complexity index is 1260. The van der Waals surface area contributed by atoms with E-state index in [2.05, 4.69) is 52.8 Å². The number of carbonyl (C=O) groups excluding carboxylic acids is 2. The van der Waals surface area contributed by atoms with E-state index in [1.807, 2.05) is 12.1 Å². The average molecular weight is 641 g/mol. The summed E-state index contributed by atoms with van der Waals surface area (Å²) in [7, 11) is 0. The van der Waals surface area contributed by atoms with E-state index >= 15 is 0 Å². The number of aliphatic imine (C=N–C) groups is 1. The van der Waals surface area contributed by atoms with E-state index in [-0.39, 0.29) is 11.6 Å². The highest BCUT2D eigenvalue weighted by Gasteiger charge is 2.24. The van der Waals surface area contributed by atoms with Crippen LogP contribution in [0.1, 0.15) is 21.5 Å². The standard InChI is InChI=1S/C23H11Br3ClNO4/c24-15-5-1-13(2-6-15)21-28-19(23(30)32-21)11-12-9-17(25)20(18(26)10-12)31-22(29)14-3-7-16(27)8-4-14/h1-11H/b19-11-. The molecule has 0 spiro atoms. The minimum atomic E-state index is -0.548. The number of nitrogens with zero attached hydrogens (tertiary/aromatic N) is 1. The largest absolute Gasteiger partial charge is 0.421 e. The van der Waals surface area contributed by atoms with Gasteiger partial charge < -0.3 is 9.47 Å². The molecule has 0 saturated carbocycles. The topological polar surface area (TPSA) is 65.0 Å². The Morgan fingerprint density at radius 1 is 0.969 bits per heavy atom. The molecule has 0 aliphatic carbocycles. The van der Waals surface area contributed by atoms with Gasteiger partial charge in [0.2, 0.25) is 5.90 Å². The maximum Gasteiger partial charge on any atom is 0.363 e. The van der Waals surface area contributed by atoms with Crippen molar-refractivity contribution in [1.29, 1.82) is 0 Å². The fraction of sp³-hybridized carbons (Fsp3) is 0. The van der Waals surface area contributed by atoms with E-state index in [9.17, 15) is 9.59 Å². The molecule has 0 fully saturated rings. The zero-order chi connectivity index (χ0) is 22.8. The quantitative estimate of drug-likeness (QED) is 0.172. The van der Waals surface area contributed by atoms with Gasteiger partial charge in [0.15, 0.2) is 11.4 Å². The highest BCUT2D eigenvalue weighted by molar-refractivity contribution is 9.11. The third-order valence-corrected chi connectivity index (χ3v) is 6.27. The van der Waals surface area contributed by atoms with Crippen molar-refractivity contribution in [3.05, 3.63) is 101 Å². The van der Waals surface area contributed by atoms with Crippen molar-refractivity contribution in [3.63, 3.8) is 0 Å². The number of carbonyl (C=O) groups is 2. The van der Waals surface area contributed by atoms with Gasteiger partial charge in [-0.3, -0.25) is 0 Å². The van der Waals surface area contributed by atoms with Crippen LogP contribution in [0.3, 0.4) is 0 Å². The van der Waals surface area contributed by atoms with Crippen LogP contribution in [-0.2, 0) is 9.53 Å². The van der Waals surface area contributed by atoms with Gasteiger partial charge in [0.25, 0.3) is 0 Å². The van der Waals surface area contributed by atoms with Crippen LogP contribution in [0.2, 0.25) is 5.02 Å². The first-order chi connectivity index (χ1) is 15.3. The van der Waals surface area contributed by atoms with Crippen molar-refractivity contribution in [2.45, 2.75) is 0 Å². The van der Waals surface area contributed by atoms with E-state index in [4.69, 9.17) is 21.1 Å². The number of esters is 2. The van der Waals surface area contributed by atoms with Crippen molar-refractivity contribution in [2.24, 2.45) is 4.99 Å².